The summed E-state index contributed by atoms with van der Waals surface area (Å²) in [6, 6.07) is 6.85. The van der Waals surface area contributed by atoms with Crippen molar-refractivity contribution in [1.29, 1.82) is 0 Å². The van der Waals surface area contributed by atoms with E-state index in [4.69, 9.17) is 0 Å². The molecule has 4 atom stereocenters. The highest BCUT2D eigenvalue weighted by Crippen LogP contribution is 2.29. The number of carboxylic acid groups (broad SMARTS) is 1. The first kappa shape index (κ1) is 33.7. The number of rotatable bonds is 11. The Morgan fingerprint density at radius 2 is 1.63 bits per heavy atom. The molecule has 0 aromatic heterocycles. The molecule has 0 aliphatic carbocycles. The summed E-state index contributed by atoms with van der Waals surface area (Å²) in [6.07, 6.45) is 4.88. The first-order valence-corrected chi connectivity index (χ1v) is 14.1. The second kappa shape index (κ2) is 13.5. The van der Waals surface area contributed by atoms with Crippen molar-refractivity contribution < 1.29 is 24.3 Å². The maximum absolute atomic E-state index is 14.0. The third-order valence-corrected chi connectivity index (χ3v) is 7.90. The Balaban J connectivity index is 2.34. The summed E-state index contributed by atoms with van der Waals surface area (Å²) in [5.41, 5.74) is 0.182. The van der Waals surface area contributed by atoms with Crippen LogP contribution >= 0.6 is 0 Å². The smallest absolute Gasteiger partial charge is 0.330 e. The lowest BCUT2D eigenvalue weighted by Gasteiger charge is -2.40. The predicted octanol–water partition coefficient (Wildman–Crippen LogP) is 3.36. The van der Waals surface area contributed by atoms with Crippen LogP contribution in [0.2, 0.25) is 0 Å². The van der Waals surface area contributed by atoms with Crippen LogP contribution in [-0.4, -0.2) is 83.4 Å². The lowest BCUT2D eigenvalue weighted by molar-refractivity contribution is -0.145. The molecular weight excluding hydrogens is 520 g/mol. The van der Waals surface area contributed by atoms with Crippen LogP contribution in [0.15, 0.2) is 54.1 Å². The average molecular weight is 569 g/mol. The molecule has 1 aliphatic rings. The monoisotopic (exact) mass is 568 g/mol. The molecule has 0 fully saturated rings. The maximum atomic E-state index is 14.0. The van der Waals surface area contributed by atoms with Crippen molar-refractivity contribution in [2.75, 3.05) is 20.6 Å². The van der Waals surface area contributed by atoms with Crippen molar-refractivity contribution in [1.82, 2.24) is 20.4 Å². The van der Waals surface area contributed by atoms with Crippen LogP contribution in [0, 0.1) is 11.3 Å². The quantitative estimate of drug-likeness (QED) is 0.278. The molecule has 3 amide bonds. The zero-order valence-corrected chi connectivity index (χ0v) is 26.2. The summed E-state index contributed by atoms with van der Waals surface area (Å²) in [6.45, 7) is 15.5. The van der Waals surface area contributed by atoms with Gasteiger partial charge in [-0.05, 0) is 30.9 Å². The second-order valence-electron chi connectivity index (χ2n) is 12.8. The molecule has 9 nitrogen and oxygen atoms in total. The molecule has 0 saturated carbocycles. The highest BCUT2D eigenvalue weighted by atomic mass is 16.4. The van der Waals surface area contributed by atoms with E-state index in [1.54, 1.807) is 38.1 Å². The van der Waals surface area contributed by atoms with Gasteiger partial charge in [-0.15, -0.1) is 0 Å². The Bertz CT molecular complexity index is 1170. The standard InChI is InChI=1S/C32H48N4O5/c1-20(2)24(19-21(3)28(38)36-18-14-17-23(36)30(40)41)35(10)29(39)26(31(4,5)6)34-27(37)25(33-9)32(7,8)22-15-12-11-13-16-22/h11-17,19-20,23-26,33H,18H2,1-10H3,(H,34,37)(H,40,41)/t23-,24+,25+,26+/m0/s1. The van der Waals surface area contributed by atoms with Gasteiger partial charge in [0.15, 0.2) is 0 Å². The van der Waals surface area contributed by atoms with Gasteiger partial charge in [-0.25, -0.2) is 4.79 Å². The average Bonchev–Trinajstić information content (AvgIpc) is 3.39. The molecule has 3 N–H and O–H groups in total. The van der Waals surface area contributed by atoms with E-state index in [9.17, 15) is 24.3 Å². The van der Waals surface area contributed by atoms with Crippen molar-refractivity contribution in [3.63, 3.8) is 0 Å². The second-order valence-corrected chi connectivity index (χ2v) is 12.8. The molecular formula is C32H48N4O5. The molecule has 0 bridgehead atoms. The zero-order valence-electron chi connectivity index (χ0n) is 26.2. The molecule has 1 aromatic carbocycles. The van der Waals surface area contributed by atoms with Gasteiger partial charge in [-0.1, -0.05) is 97.0 Å². The number of benzene rings is 1. The van der Waals surface area contributed by atoms with E-state index in [2.05, 4.69) is 10.6 Å². The van der Waals surface area contributed by atoms with Gasteiger partial charge >= 0.3 is 5.97 Å². The minimum atomic E-state index is -1.09. The zero-order chi connectivity index (χ0) is 31.3. The summed E-state index contributed by atoms with van der Waals surface area (Å²) >= 11 is 0. The fraction of sp³-hybridized carbons (Fsp3) is 0.562. The molecule has 1 heterocycles. The fourth-order valence-electron chi connectivity index (χ4n) is 5.33. The molecule has 226 valence electrons. The number of carbonyl (C=O) groups excluding carboxylic acids is 3. The number of nitrogens with one attached hydrogen (secondary N) is 2. The van der Waals surface area contributed by atoms with Gasteiger partial charge in [0.05, 0.1) is 12.1 Å². The number of hydrogen-bond donors (Lipinski definition) is 3. The SMILES string of the molecule is CN[C@H](C(=O)N[C@H](C(=O)N(C)[C@H](C=C(C)C(=O)N1CC=C[C@H]1C(=O)O)C(C)C)C(C)(C)C)C(C)(C)c1ccccc1. The highest BCUT2D eigenvalue weighted by Gasteiger charge is 2.42. The molecule has 0 spiro atoms. The van der Waals surface area contributed by atoms with Gasteiger partial charge in [0.2, 0.25) is 11.8 Å². The fourth-order valence-corrected chi connectivity index (χ4v) is 5.33. The van der Waals surface area contributed by atoms with Crippen LogP contribution in [0.5, 0.6) is 0 Å². The van der Waals surface area contributed by atoms with E-state index in [1.165, 1.54) is 11.0 Å². The van der Waals surface area contributed by atoms with Gasteiger partial charge in [0, 0.05) is 24.6 Å². The molecule has 9 heteroatoms. The van der Waals surface area contributed by atoms with Gasteiger partial charge in [-0.3, -0.25) is 14.4 Å². The molecule has 41 heavy (non-hydrogen) atoms. The van der Waals surface area contributed by atoms with Gasteiger partial charge in [0.25, 0.3) is 5.91 Å². The van der Waals surface area contributed by atoms with E-state index in [0.717, 1.165) is 5.56 Å². The van der Waals surface area contributed by atoms with Crippen LogP contribution in [0.4, 0.5) is 0 Å². The summed E-state index contributed by atoms with van der Waals surface area (Å²) < 4.78 is 0. The van der Waals surface area contributed by atoms with E-state index >= 15 is 0 Å². The number of amides is 3. The number of aliphatic carboxylic acids is 1. The van der Waals surface area contributed by atoms with Gasteiger partial charge < -0.3 is 25.5 Å². The number of nitrogens with zero attached hydrogens (tertiary/aromatic N) is 2. The molecule has 0 radical (unpaired) electrons. The maximum Gasteiger partial charge on any atom is 0.330 e. The van der Waals surface area contributed by atoms with Gasteiger partial charge in [0.1, 0.15) is 12.1 Å². The van der Waals surface area contributed by atoms with Crippen molar-refractivity contribution in [2.24, 2.45) is 11.3 Å². The summed E-state index contributed by atoms with van der Waals surface area (Å²) in [5.74, 6) is -2.11. The minimum absolute atomic E-state index is 0.0583. The van der Waals surface area contributed by atoms with Crippen LogP contribution in [0.25, 0.3) is 0 Å². The Labute approximate surface area is 245 Å². The molecule has 1 aliphatic heterocycles. The third-order valence-electron chi connectivity index (χ3n) is 7.90. The van der Waals surface area contributed by atoms with Crippen molar-refractivity contribution in [2.45, 2.75) is 85.0 Å². The Hall–Kier alpha value is -3.46. The van der Waals surface area contributed by atoms with E-state index in [-0.39, 0.29) is 24.3 Å². The molecule has 0 unspecified atom stereocenters. The van der Waals surface area contributed by atoms with Crippen LogP contribution < -0.4 is 10.6 Å². The first-order valence-electron chi connectivity index (χ1n) is 14.1. The lowest BCUT2D eigenvalue weighted by atomic mass is 9.76. The van der Waals surface area contributed by atoms with Crippen molar-refractivity contribution >= 4 is 23.7 Å². The number of carboxylic acids is 1. The number of likely N-dealkylation sites (N-methyl/N-ethyl adjacent to an activating group) is 2. The van der Waals surface area contributed by atoms with Crippen LogP contribution in [0.1, 0.15) is 61.0 Å². The van der Waals surface area contributed by atoms with Crippen LogP contribution in [-0.2, 0) is 24.6 Å². The lowest BCUT2D eigenvalue weighted by Crippen LogP contribution is -2.61. The van der Waals surface area contributed by atoms with Crippen LogP contribution in [0.3, 0.4) is 0 Å². The summed E-state index contributed by atoms with van der Waals surface area (Å²) in [7, 11) is 3.41. The minimum Gasteiger partial charge on any atom is -0.479 e. The molecule has 2 rings (SSSR count). The van der Waals surface area contributed by atoms with Crippen molar-refractivity contribution in [3.8, 4) is 0 Å². The third kappa shape index (κ3) is 7.85. The van der Waals surface area contributed by atoms with Gasteiger partial charge in [-0.2, -0.15) is 0 Å². The number of carbonyl (C=O) groups is 4. The van der Waals surface area contributed by atoms with Crippen molar-refractivity contribution in [3.05, 3.63) is 59.7 Å². The summed E-state index contributed by atoms with van der Waals surface area (Å²) in [5, 5.41) is 15.7. The van der Waals surface area contributed by atoms with E-state index in [1.807, 2.05) is 78.8 Å². The highest BCUT2D eigenvalue weighted by molar-refractivity contribution is 5.97. The Morgan fingerprint density at radius 1 is 1.05 bits per heavy atom. The summed E-state index contributed by atoms with van der Waals surface area (Å²) in [4.78, 5) is 55.4. The Kier molecular flexibility index (Phi) is 11.1. The largest absolute Gasteiger partial charge is 0.479 e. The Morgan fingerprint density at radius 3 is 2.12 bits per heavy atom. The predicted molar refractivity (Wildman–Crippen MR) is 161 cm³/mol. The molecule has 0 saturated heterocycles. The normalized spacial score (nSPS) is 18.2. The van der Waals surface area contributed by atoms with E-state index < -0.39 is 46.9 Å². The number of hydrogen-bond acceptors (Lipinski definition) is 5. The first-order chi connectivity index (χ1) is 18.9. The van der Waals surface area contributed by atoms with E-state index in [0.29, 0.717) is 5.57 Å². The molecule has 1 aromatic rings. The topological polar surface area (TPSA) is 119 Å².